The zero-order chi connectivity index (χ0) is 24.3. The summed E-state index contributed by atoms with van der Waals surface area (Å²) in [5.74, 6) is 0.910. The standard InChI is InChI=1S/C28H31BrN2O2S/c1-3-30-28(33)26(17-22-9-5-4-6-10-22)31(18-23-12-14-25(29)15-13-23)27(32)20-34-19-24-11-7-8-21(2)16-24/h4-16,26H,3,17-20H2,1-2H3,(H,30,33). The summed E-state index contributed by atoms with van der Waals surface area (Å²) in [5.41, 5.74) is 4.42. The molecule has 0 saturated heterocycles. The molecule has 0 aliphatic rings. The number of likely N-dealkylation sites (N-methyl/N-ethyl adjacent to an activating group) is 1. The van der Waals surface area contributed by atoms with Crippen LogP contribution in [0.25, 0.3) is 0 Å². The van der Waals surface area contributed by atoms with Crippen molar-refractivity contribution in [2.75, 3.05) is 12.3 Å². The van der Waals surface area contributed by atoms with Crippen molar-refractivity contribution in [3.63, 3.8) is 0 Å². The normalized spacial score (nSPS) is 11.6. The van der Waals surface area contributed by atoms with Gasteiger partial charge in [-0.25, -0.2) is 0 Å². The van der Waals surface area contributed by atoms with Gasteiger partial charge in [0.05, 0.1) is 5.75 Å². The lowest BCUT2D eigenvalue weighted by Gasteiger charge is -2.31. The van der Waals surface area contributed by atoms with Crippen molar-refractivity contribution in [2.45, 2.75) is 38.6 Å². The van der Waals surface area contributed by atoms with Crippen LogP contribution in [-0.4, -0.2) is 35.1 Å². The topological polar surface area (TPSA) is 49.4 Å². The average molecular weight is 540 g/mol. The van der Waals surface area contributed by atoms with Gasteiger partial charge in [0.2, 0.25) is 11.8 Å². The van der Waals surface area contributed by atoms with Gasteiger partial charge >= 0.3 is 0 Å². The minimum atomic E-state index is -0.585. The predicted octanol–water partition coefficient (Wildman–Crippen LogP) is 5.77. The van der Waals surface area contributed by atoms with Gasteiger partial charge in [0, 0.05) is 29.7 Å². The van der Waals surface area contributed by atoms with E-state index in [0.29, 0.717) is 25.3 Å². The second-order valence-electron chi connectivity index (χ2n) is 8.23. The number of halogens is 1. The van der Waals surface area contributed by atoms with E-state index in [1.165, 1.54) is 11.1 Å². The van der Waals surface area contributed by atoms with Crippen molar-refractivity contribution < 1.29 is 9.59 Å². The van der Waals surface area contributed by atoms with E-state index >= 15 is 0 Å². The summed E-state index contributed by atoms with van der Waals surface area (Å²) in [6.45, 7) is 4.87. The summed E-state index contributed by atoms with van der Waals surface area (Å²) in [7, 11) is 0. The molecule has 3 aromatic rings. The van der Waals surface area contributed by atoms with E-state index in [2.05, 4.69) is 46.4 Å². The molecule has 178 valence electrons. The molecule has 0 aliphatic heterocycles. The molecule has 34 heavy (non-hydrogen) atoms. The van der Waals surface area contributed by atoms with E-state index in [0.717, 1.165) is 21.4 Å². The third kappa shape index (κ3) is 8.03. The van der Waals surface area contributed by atoms with Crippen molar-refractivity contribution in [2.24, 2.45) is 0 Å². The number of carbonyl (C=O) groups is 2. The monoisotopic (exact) mass is 538 g/mol. The highest BCUT2D eigenvalue weighted by Crippen LogP contribution is 2.20. The molecule has 1 unspecified atom stereocenters. The molecule has 3 aromatic carbocycles. The summed E-state index contributed by atoms with van der Waals surface area (Å²) >= 11 is 5.05. The van der Waals surface area contributed by atoms with Gasteiger partial charge < -0.3 is 10.2 Å². The number of nitrogens with one attached hydrogen (secondary N) is 1. The summed E-state index contributed by atoms with van der Waals surface area (Å²) < 4.78 is 0.979. The van der Waals surface area contributed by atoms with E-state index in [1.54, 1.807) is 16.7 Å². The molecule has 2 amide bonds. The van der Waals surface area contributed by atoms with Gasteiger partial charge in [-0.2, -0.15) is 0 Å². The number of nitrogens with zero attached hydrogens (tertiary/aromatic N) is 1. The van der Waals surface area contributed by atoms with Crippen LogP contribution in [0.1, 0.15) is 29.2 Å². The first-order valence-corrected chi connectivity index (χ1v) is 13.4. The fourth-order valence-electron chi connectivity index (χ4n) is 3.77. The Kier molecular flexibility index (Phi) is 10.2. The number of hydrogen-bond acceptors (Lipinski definition) is 3. The second kappa shape index (κ2) is 13.4. The van der Waals surface area contributed by atoms with Crippen LogP contribution in [0.15, 0.2) is 83.3 Å². The van der Waals surface area contributed by atoms with Gasteiger partial charge in [0.25, 0.3) is 0 Å². The van der Waals surface area contributed by atoms with Crippen molar-refractivity contribution >= 4 is 39.5 Å². The predicted molar refractivity (Wildman–Crippen MR) is 145 cm³/mol. The molecule has 6 heteroatoms. The summed E-state index contributed by atoms with van der Waals surface area (Å²) in [6, 6.07) is 25.5. The SMILES string of the molecule is CCNC(=O)C(Cc1ccccc1)N(Cc1ccc(Br)cc1)C(=O)CSCc1cccc(C)c1. The molecule has 0 spiro atoms. The maximum absolute atomic E-state index is 13.5. The first-order chi connectivity index (χ1) is 16.5. The zero-order valence-corrected chi connectivity index (χ0v) is 22.1. The fraction of sp³-hybridized carbons (Fsp3) is 0.286. The lowest BCUT2D eigenvalue weighted by Crippen LogP contribution is -2.51. The van der Waals surface area contributed by atoms with Crippen molar-refractivity contribution in [1.29, 1.82) is 0 Å². The molecule has 0 radical (unpaired) electrons. The van der Waals surface area contributed by atoms with E-state index < -0.39 is 6.04 Å². The Labute approximate surface area is 215 Å². The molecular weight excluding hydrogens is 508 g/mol. The van der Waals surface area contributed by atoms with Crippen molar-refractivity contribution in [3.05, 3.63) is 106 Å². The summed E-state index contributed by atoms with van der Waals surface area (Å²) in [5, 5.41) is 2.94. The van der Waals surface area contributed by atoms with E-state index in [1.807, 2.05) is 67.6 Å². The van der Waals surface area contributed by atoms with E-state index in [-0.39, 0.29) is 11.8 Å². The smallest absolute Gasteiger partial charge is 0.243 e. The molecule has 0 saturated carbocycles. The van der Waals surface area contributed by atoms with Crippen LogP contribution in [0.5, 0.6) is 0 Å². The van der Waals surface area contributed by atoms with Gasteiger partial charge in [-0.05, 0) is 42.7 Å². The maximum Gasteiger partial charge on any atom is 0.243 e. The molecule has 0 heterocycles. The minimum absolute atomic E-state index is 0.0345. The largest absolute Gasteiger partial charge is 0.355 e. The first kappa shape index (κ1) is 26.0. The Morgan fingerprint density at radius 3 is 2.32 bits per heavy atom. The van der Waals surface area contributed by atoms with Crippen molar-refractivity contribution in [1.82, 2.24) is 10.2 Å². The Balaban J connectivity index is 1.81. The molecule has 0 fully saturated rings. The Hall–Kier alpha value is -2.57. The lowest BCUT2D eigenvalue weighted by molar-refractivity contribution is -0.139. The van der Waals surface area contributed by atoms with Crippen LogP contribution in [0.3, 0.4) is 0 Å². The van der Waals surface area contributed by atoms with Crippen LogP contribution in [0.2, 0.25) is 0 Å². The van der Waals surface area contributed by atoms with Crippen molar-refractivity contribution in [3.8, 4) is 0 Å². The number of aryl methyl sites for hydroxylation is 1. The zero-order valence-electron chi connectivity index (χ0n) is 19.7. The highest BCUT2D eigenvalue weighted by Gasteiger charge is 2.30. The molecule has 3 rings (SSSR count). The average Bonchev–Trinajstić information content (AvgIpc) is 2.83. The van der Waals surface area contributed by atoms with E-state index in [9.17, 15) is 9.59 Å². The molecule has 0 aliphatic carbocycles. The van der Waals surface area contributed by atoms with Crippen LogP contribution in [0, 0.1) is 6.92 Å². The molecule has 1 atom stereocenters. The van der Waals surface area contributed by atoms with Gasteiger partial charge in [0.15, 0.2) is 0 Å². The third-order valence-corrected chi connectivity index (χ3v) is 6.98. The van der Waals surface area contributed by atoms with Crippen LogP contribution in [-0.2, 0) is 28.3 Å². The number of benzene rings is 3. The fourth-order valence-corrected chi connectivity index (χ4v) is 4.90. The molecule has 1 N–H and O–H groups in total. The Bertz CT molecular complexity index is 1070. The maximum atomic E-state index is 13.5. The Morgan fingerprint density at radius 2 is 1.65 bits per heavy atom. The minimum Gasteiger partial charge on any atom is -0.355 e. The van der Waals surface area contributed by atoms with Crippen LogP contribution < -0.4 is 5.32 Å². The number of amides is 2. The van der Waals surface area contributed by atoms with Gasteiger partial charge in [-0.15, -0.1) is 11.8 Å². The summed E-state index contributed by atoms with van der Waals surface area (Å²) in [6.07, 6.45) is 0.470. The Morgan fingerprint density at radius 1 is 0.941 bits per heavy atom. The number of rotatable bonds is 11. The first-order valence-electron chi connectivity index (χ1n) is 11.4. The number of thioether (sulfide) groups is 1. The quantitative estimate of drug-likeness (QED) is 0.337. The lowest BCUT2D eigenvalue weighted by atomic mass is 10.0. The van der Waals surface area contributed by atoms with Crippen LogP contribution >= 0.6 is 27.7 Å². The van der Waals surface area contributed by atoms with E-state index in [4.69, 9.17) is 0 Å². The molecular formula is C28H31BrN2O2S. The van der Waals surface area contributed by atoms with Crippen LogP contribution in [0.4, 0.5) is 0 Å². The highest BCUT2D eigenvalue weighted by molar-refractivity contribution is 9.10. The van der Waals surface area contributed by atoms with Gasteiger partial charge in [0.1, 0.15) is 6.04 Å². The summed E-state index contributed by atoms with van der Waals surface area (Å²) in [4.78, 5) is 28.4. The van der Waals surface area contributed by atoms with Gasteiger partial charge in [-0.3, -0.25) is 9.59 Å². The number of carbonyl (C=O) groups excluding carboxylic acids is 2. The molecule has 0 aromatic heterocycles. The number of hydrogen-bond donors (Lipinski definition) is 1. The molecule has 0 bridgehead atoms. The third-order valence-electron chi connectivity index (χ3n) is 5.47. The second-order valence-corrected chi connectivity index (χ2v) is 10.1. The molecule has 4 nitrogen and oxygen atoms in total. The van der Waals surface area contributed by atoms with Gasteiger partial charge in [-0.1, -0.05) is 88.2 Å². The highest BCUT2D eigenvalue weighted by atomic mass is 79.9.